The van der Waals surface area contributed by atoms with E-state index in [9.17, 15) is 28.5 Å². The fraction of sp³-hybridized carbons (Fsp3) is 0.222. The normalized spacial score (nSPS) is 10.5. The first kappa shape index (κ1) is 20.7. The molecule has 0 spiro atoms. The number of nitro benzene ring substituents is 1. The molecule has 0 radical (unpaired) electrons. The molecule has 28 heavy (non-hydrogen) atoms. The second-order valence-corrected chi connectivity index (χ2v) is 5.52. The number of carbonyl (C=O) groups excluding carboxylic acids is 2. The highest BCUT2D eigenvalue weighted by atomic mass is 19.3. The van der Waals surface area contributed by atoms with Crippen molar-refractivity contribution in [3.05, 3.63) is 63.2 Å². The smallest absolute Gasteiger partial charge is 0.387 e. The molecule has 0 amide bonds. The molecule has 0 fully saturated rings. The van der Waals surface area contributed by atoms with Crippen LogP contribution in [0.3, 0.4) is 0 Å². The summed E-state index contributed by atoms with van der Waals surface area (Å²) in [6.07, 6.45) is 0. The summed E-state index contributed by atoms with van der Waals surface area (Å²) >= 11 is 0. The topological polar surface area (TPSA) is 105 Å². The number of nitro groups is 1. The summed E-state index contributed by atoms with van der Waals surface area (Å²) < 4.78 is 38.9. The van der Waals surface area contributed by atoms with Crippen molar-refractivity contribution in [2.24, 2.45) is 0 Å². The van der Waals surface area contributed by atoms with Gasteiger partial charge in [0.25, 0.3) is 0 Å². The van der Waals surface area contributed by atoms with Gasteiger partial charge in [-0.25, -0.2) is 4.79 Å². The lowest BCUT2D eigenvalue weighted by Crippen LogP contribution is -2.16. The van der Waals surface area contributed by atoms with Crippen molar-refractivity contribution in [1.29, 1.82) is 0 Å². The van der Waals surface area contributed by atoms with E-state index in [2.05, 4.69) is 4.74 Å². The Morgan fingerprint density at radius 3 is 2.43 bits per heavy atom. The number of halogens is 2. The molecule has 0 aromatic heterocycles. The third-order valence-electron chi connectivity index (χ3n) is 3.60. The van der Waals surface area contributed by atoms with Crippen molar-refractivity contribution < 1.29 is 37.5 Å². The molecular formula is C18H15F2NO7. The van der Waals surface area contributed by atoms with Crippen LogP contribution < -0.4 is 9.47 Å². The number of methoxy groups -OCH3 is 1. The van der Waals surface area contributed by atoms with Crippen molar-refractivity contribution in [3.8, 4) is 11.5 Å². The number of hydrogen-bond acceptors (Lipinski definition) is 7. The monoisotopic (exact) mass is 395 g/mol. The summed E-state index contributed by atoms with van der Waals surface area (Å²) in [5.41, 5.74) is -0.181. The average molecular weight is 395 g/mol. The first-order valence-electron chi connectivity index (χ1n) is 7.81. The van der Waals surface area contributed by atoms with E-state index in [-0.39, 0.29) is 22.6 Å². The Morgan fingerprint density at radius 1 is 1.14 bits per heavy atom. The summed E-state index contributed by atoms with van der Waals surface area (Å²) in [4.78, 5) is 34.6. The predicted molar refractivity (Wildman–Crippen MR) is 92.1 cm³/mol. The van der Waals surface area contributed by atoms with Crippen LogP contribution in [0, 0.1) is 17.0 Å². The van der Waals surface area contributed by atoms with Crippen LogP contribution >= 0.6 is 0 Å². The molecule has 0 unspecified atom stereocenters. The number of hydrogen-bond donors (Lipinski definition) is 0. The zero-order valence-electron chi connectivity index (χ0n) is 14.8. The first-order chi connectivity index (χ1) is 13.2. The van der Waals surface area contributed by atoms with Crippen LogP contribution in [0.1, 0.15) is 26.3 Å². The molecule has 0 heterocycles. The van der Waals surface area contributed by atoms with Crippen molar-refractivity contribution in [2.75, 3.05) is 13.7 Å². The highest BCUT2D eigenvalue weighted by Crippen LogP contribution is 2.28. The number of carbonyl (C=O) groups is 2. The molecule has 2 rings (SSSR count). The zero-order chi connectivity index (χ0) is 20.8. The third kappa shape index (κ3) is 5.00. The maximum absolute atomic E-state index is 12.5. The summed E-state index contributed by atoms with van der Waals surface area (Å²) in [5.74, 6) is -2.16. The second kappa shape index (κ2) is 8.89. The van der Waals surface area contributed by atoms with E-state index in [1.54, 1.807) is 6.92 Å². The SMILES string of the molecule is COc1ccc(C(=O)OCC(=O)c2cc(C)ccc2OC(F)F)cc1[N+](=O)[O-]. The maximum atomic E-state index is 12.5. The van der Waals surface area contributed by atoms with Gasteiger partial charge in [-0.05, 0) is 31.2 Å². The van der Waals surface area contributed by atoms with Crippen molar-refractivity contribution in [3.63, 3.8) is 0 Å². The Kier molecular flexibility index (Phi) is 6.59. The molecule has 0 saturated carbocycles. The molecule has 0 saturated heterocycles. The van der Waals surface area contributed by atoms with E-state index >= 15 is 0 Å². The van der Waals surface area contributed by atoms with Crippen LogP contribution in [0.4, 0.5) is 14.5 Å². The van der Waals surface area contributed by atoms with E-state index in [1.807, 2.05) is 0 Å². The third-order valence-corrected chi connectivity index (χ3v) is 3.60. The molecule has 0 aliphatic rings. The molecule has 148 valence electrons. The molecule has 0 aliphatic carbocycles. The van der Waals surface area contributed by atoms with Gasteiger partial charge in [-0.15, -0.1) is 0 Å². The molecule has 10 heteroatoms. The second-order valence-electron chi connectivity index (χ2n) is 5.52. The highest BCUT2D eigenvalue weighted by molar-refractivity contribution is 6.01. The van der Waals surface area contributed by atoms with Crippen LogP contribution in [0.25, 0.3) is 0 Å². The van der Waals surface area contributed by atoms with Crippen molar-refractivity contribution in [1.82, 2.24) is 0 Å². The first-order valence-corrected chi connectivity index (χ1v) is 7.81. The lowest BCUT2D eigenvalue weighted by atomic mass is 10.1. The number of alkyl halides is 2. The minimum absolute atomic E-state index is 0.0498. The number of ketones is 1. The Bertz CT molecular complexity index is 915. The van der Waals surface area contributed by atoms with Gasteiger partial charge in [0.15, 0.2) is 12.4 Å². The van der Waals surface area contributed by atoms with Crippen molar-refractivity contribution in [2.45, 2.75) is 13.5 Å². The van der Waals surface area contributed by atoms with Gasteiger partial charge in [0.1, 0.15) is 5.75 Å². The van der Waals surface area contributed by atoms with Gasteiger partial charge < -0.3 is 14.2 Å². The number of nitrogens with zero attached hydrogens (tertiary/aromatic N) is 1. The molecule has 0 N–H and O–H groups in total. The Hall–Kier alpha value is -3.56. The van der Waals surface area contributed by atoms with E-state index in [0.717, 1.165) is 6.07 Å². The molecule has 2 aromatic carbocycles. The summed E-state index contributed by atoms with van der Waals surface area (Å²) in [6, 6.07) is 7.42. The molecule has 0 bridgehead atoms. The predicted octanol–water partition coefficient (Wildman–Crippen LogP) is 3.55. The number of Topliss-reactive ketones (excluding diaryl/α,β-unsaturated/α-hetero) is 1. The van der Waals surface area contributed by atoms with Crippen LogP contribution in [-0.4, -0.2) is 37.0 Å². The van der Waals surface area contributed by atoms with E-state index in [4.69, 9.17) is 9.47 Å². The number of aryl methyl sites for hydroxylation is 1. The van der Waals surface area contributed by atoms with Gasteiger partial charge in [0.2, 0.25) is 5.78 Å². The van der Waals surface area contributed by atoms with Crippen LogP contribution in [0.5, 0.6) is 11.5 Å². The van der Waals surface area contributed by atoms with Crippen LogP contribution in [0.15, 0.2) is 36.4 Å². The number of ether oxygens (including phenoxy) is 3. The summed E-state index contributed by atoms with van der Waals surface area (Å²) in [6.45, 7) is -2.25. The number of esters is 1. The quantitative estimate of drug-likeness (QED) is 0.291. The maximum Gasteiger partial charge on any atom is 0.387 e. The van der Waals surface area contributed by atoms with Crippen molar-refractivity contribution >= 4 is 17.4 Å². The van der Waals surface area contributed by atoms with Gasteiger partial charge in [-0.2, -0.15) is 8.78 Å². The lowest BCUT2D eigenvalue weighted by molar-refractivity contribution is -0.385. The van der Waals surface area contributed by atoms with Gasteiger partial charge in [0.05, 0.1) is 23.2 Å². The highest BCUT2D eigenvalue weighted by Gasteiger charge is 2.21. The standard InChI is InChI=1S/C18H15F2NO7/c1-10-3-5-15(28-18(19)20)12(7-10)14(22)9-27-17(23)11-4-6-16(26-2)13(8-11)21(24)25/h3-8,18H,9H2,1-2H3. The minimum Gasteiger partial charge on any atom is -0.490 e. The number of benzene rings is 2. The molecular weight excluding hydrogens is 380 g/mol. The van der Waals surface area contributed by atoms with E-state index in [0.29, 0.717) is 5.56 Å². The minimum atomic E-state index is -3.13. The molecule has 0 aliphatic heterocycles. The van der Waals surface area contributed by atoms with Gasteiger partial charge in [0, 0.05) is 6.07 Å². The van der Waals surface area contributed by atoms with E-state index in [1.165, 1.54) is 37.4 Å². The fourth-order valence-corrected chi connectivity index (χ4v) is 2.31. The Balaban J connectivity index is 2.15. The fourth-order valence-electron chi connectivity index (χ4n) is 2.31. The van der Waals surface area contributed by atoms with Gasteiger partial charge in [-0.1, -0.05) is 11.6 Å². The largest absolute Gasteiger partial charge is 0.490 e. The Morgan fingerprint density at radius 2 is 1.82 bits per heavy atom. The van der Waals surface area contributed by atoms with Gasteiger partial charge in [-0.3, -0.25) is 14.9 Å². The molecule has 2 aromatic rings. The summed E-state index contributed by atoms with van der Waals surface area (Å²) in [7, 11) is 1.24. The lowest BCUT2D eigenvalue weighted by Gasteiger charge is -2.11. The number of rotatable bonds is 8. The summed E-state index contributed by atoms with van der Waals surface area (Å²) in [5, 5.41) is 11.0. The van der Waals surface area contributed by atoms with Gasteiger partial charge >= 0.3 is 18.3 Å². The Labute approximate surface area is 157 Å². The zero-order valence-corrected chi connectivity index (χ0v) is 14.8. The van der Waals surface area contributed by atoms with Crippen LogP contribution in [0.2, 0.25) is 0 Å². The van der Waals surface area contributed by atoms with Crippen LogP contribution in [-0.2, 0) is 4.74 Å². The average Bonchev–Trinajstić information content (AvgIpc) is 2.66. The van der Waals surface area contributed by atoms with E-state index < -0.39 is 35.6 Å². The molecule has 0 atom stereocenters. The molecule has 8 nitrogen and oxygen atoms in total.